The summed E-state index contributed by atoms with van der Waals surface area (Å²) in [5.41, 5.74) is 9.91. The summed E-state index contributed by atoms with van der Waals surface area (Å²) in [7, 11) is 0. The molecule has 0 fully saturated rings. The van der Waals surface area contributed by atoms with Gasteiger partial charge in [0, 0.05) is 28.0 Å². The molecule has 2 N–H and O–H groups in total. The third-order valence-corrected chi connectivity index (χ3v) is 7.74. The minimum Gasteiger partial charge on any atom is -0.354 e. The third kappa shape index (κ3) is 5.35. The summed E-state index contributed by atoms with van der Waals surface area (Å²) in [6.07, 6.45) is 2.16. The van der Waals surface area contributed by atoms with E-state index in [0.717, 1.165) is 55.9 Å². The van der Waals surface area contributed by atoms with Crippen molar-refractivity contribution in [2.24, 2.45) is 0 Å². The zero-order valence-corrected chi connectivity index (χ0v) is 24.2. The number of aromatic nitrogens is 3. The molecular weight excluding hydrogens is 538 g/mol. The normalized spacial score (nSPS) is 13.3. The fourth-order valence-corrected chi connectivity index (χ4v) is 5.38. The first kappa shape index (κ1) is 26.9. The zero-order valence-electron chi connectivity index (χ0n) is 24.2. The third-order valence-electron chi connectivity index (χ3n) is 7.74. The molecule has 2 heterocycles. The molecule has 0 bridgehead atoms. The molecule has 6 aromatic rings. The van der Waals surface area contributed by atoms with E-state index in [2.05, 4.69) is 41.7 Å². The molecule has 0 atom stereocenters. The van der Waals surface area contributed by atoms with E-state index in [1.54, 1.807) is 0 Å². The van der Waals surface area contributed by atoms with Crippen molar-refractivity contribution in [2.75, 3.05) is 0 Å². The number of hydrogen-bond donors (Lipinski definition) is 2. The Labute approximate surface area is 256 Å². The molecule has 5 aromatic carbocycles. The molecule has 0 unspecified atom stereocenters. The maximum absolute atomic E-state index is 9.10. The number of nitrogens with zero attached hydrogens (tertiary/aromatic N) is 3. The van der Waals surface area contributed by atoms with Gasteiger partial charge in [0.2, 0.25) is 0 Å². The van der Waals surface area contributed by atoms with E-state index >= 15 is 0 Å². The van der Waals surface area contributed by atoms with Crippen molar-refractivity contribution in [2.45, 2.75) is 6.92 Å². The monoisotopic (exact) mass is 567 g/mol. The van der Waals surface area contributed by atoms with Crippen molar-refractivity contribution in [1.29, 1.82) is 5.41 Å². The van der Waals surface area contributed by atoms with Gasteiger partial charge >= 0.3 is 0 Å². The molecule has 5 nitrogen and oxygen atoms in total. The van der Waals surface area contributed by atoms with Crippen LogP contribution in [-0.4, -0.2) is 20.7 Å². The Hall–Kier alpha value is -5.94. The van der Waals surface area contributed by atoms with Crippen molar-refractivity contribution < 1.29 is 0 Å². The number of nitrogens with one attached hydrogen (secondary N) is 2. The van der Waals surface area contributed by atoms with E-state index in [1.165, 1.54) is 0 Å². The Morgan fingerprint density at radius 3 is 1.57 bits per heavy atom. The van der Waals surface area contributed by atoms with Gasteiger partial charge in [-0.2, -0.15) is 0 Å². The predicted octanol–water partition coefficient (Wildman–Crippen LogP) is 8.77. The van der Waals surface area contributed by atoms with Gasteiger partial charge in [0.15, 0.2) is 17.5 Å². The van der Waals surface area contributed by atoms with E-state index in [-0.39, 0.29) is 0 Å². The highest BCUT2D eigenvalue weighted by molar-refractivity contribution is 6.15. The predicted molar refractivity (Wildman–Crippen MR) is 179 cm³/mol. The van der Waals surface area contributed by atoms with Crippen LogP contribution in [0.25, 0.3) is 51.6 Å². The van der Waals surface area contributed by atoms with Crippen molar-refractivity contribution in [3.63, 3.8) is 0 Å². The number of rotatable bonds is 6. The quantitative estimate of drug-likeness (QED) is 0.197. The van der Waals surface area contributed by atoms with E-state index < -0.39 is 0 Å². The molecule has 1 aromatic heterocycles. The summed E-state index contributed by atoms with van der Waals surface area (Å²) in [5, 5.41) is 12.8. The minimum absolute atomic E-state index is 0.469. The second kappa shape index (κ2) is 11.7. The summed E-state index contributed by atoms with van der Waals surface area (Å²) in [6.45, 7) is 2.01. The summed E-state index contributed by atoms with van der Waals surface area (Å²) in [5.74, 6) is 1.83. The van der Waals surface area contributed by atoms with Crippen molar-refractivity contribution >= 4 is 23.2 Å². The molecule has 0 saturated heterocycles. The first-order valence-electron chi connectivity index (χ1n) is 14.5. The van der Waals surface area contributed by atoms with Crippen LogP contribution in [0, 0.1) is 5.41 Å². The van der Waals surface area contributed by atoms with E-state index in [9.17, 15) is 0 Å². The second-order valence-corrected chi connectivity index (χ2v) is 10.6. The summed E-state index contributed by atoms with van der Waals surface area (Å²) < 4.78 is 0. The highest BCUT2D eigenvalue weighted by Crippen LogP contribution is 2.35. The molecule has 210 valence electrons. The number of benzene rings is 5. The molecule has 0 aliphatic carbocycles. The van der Waals surface area contributed by atoms with Gasteiger partial charge in [0.25, 0.3) is 0 Å². The standard InChI is InChI=1S/C39H29N5/c1-26(35(40)28-16-8-3-9-17-28)36-33-24-32(23-22-31(33)25-34(41-36)27-14-6-2-7-15-27)39-43-37(29-18-10-4-11-19-29)42-38(44-39)30-20-12-5-13-21-30/h2-25,40-41H,1H3/b36-26-,40-35?. The molecule has 0 radical (unpaired) electrons. The molecule has 7 rings (SSSR count). The highest BCUT2D eigenvalue weighted by atomic mass is 15.0. The lowest BCUT2D eigenvalue weighted by Crippen LogP contribution is -2.20. The van der Waals surface area contributed by atoms with Crippen LogP contribution in [0.5, 0.6) is 0 Å². The highest BCUT2D eigenvalue weighted by Gasteiger charge is 2.22. The number of allylic oxidation sites excluding steroid dienone is 1. The van der Waals surface area contributed by atoms with Gasteiger partial charge in [-0.3, -0.25) is 5.41 Å². The smallest absolute Gasteiger partial charge is 0.164 e. The van der Waals surface area contributed by atoms with Gasteiger partial charge in [-0.05, 0) is 41.3 Å². The van der Waals surface area contributed by atoms with Gasteiger partial charge in [-0.15, -0.1) is 0 Å². The average molecular weight is 568 g/mol. The van der Waals surface area contributed by atoms with Crippen LogP contribution in [0.3, 0.4) is 0 Å². The summed E-state index contributed by atoms with van der Waals surface area (Å²) >= 11 is 0. The van der Waals surface area contributed by atoms with E-state index in [1.807, 2.05) is 116 Å². The van der Waals surface area contributed by atoms with Crippen molar-refractivity contribution in [1.82, 2.24) is 20.3 Å². The lowest BCUT2D eigenvalue weighted by molar-refractivity contribution is 1.07. The molecule has 5 heteroatoms. The van der Waals surface area contributed by atoms with Crippen LogP contribution in [0.4, 0.5) is 0 Å². The Morgan fingerprint density at radius 1 is 0.545 bits per heavy atom. The van der Waals surface area contributed by atoms with Crippen molar-refractivity contribution in [3.8, 4) is 34.2 Å². The van der Waals surface area contributed by atoms with E-state index in [4.69, 9.17) is 20.4 Å². The summed E-state index contributed by atoms with van der Waals surface area (Å²) in [6, 6.07) is 46.4. The fraction of sp³-hybridized carbons (Fsp3) is 0.0256. The van der Waals surface area contributed by atoms with Crippen LogP contribution in [0.1, 0.15) is 29.2 Å². The maximum atomic E-state index is 9.10. The largest absolute Gasteiger partial charge is 0.354 e. The van der Waals surface area contributed by atoms with Crippen molar-refractivity contribution in [3.05, 3.63) is 167 Å². The van der Waals surface area contributed by atoms with Crippen LogP contribution < -0.4 is 5.32 Å². The molecule has 1 aliphatic rings. The molecule has 0 spiro atoms. The molecule has 1 aliphatic heterocycles. The Morgan fingerprint density at radius 2 is 1.02 bits per heavy atom. The van der Waals surface area contributed by atoms with Crippen LogP contribution in [-0.2, 0) is 0 Å². The Kier molecular flexibility index (Phi) is 7.19. The summed E-state index contributed by atoms with van der Waals surface area (Å²) in [4.78, 5) is 14.7. The van der Waals surface area contributed by atoms with Gasteiger partial charge in [0.1, 0.15) is 0 Å². The molecule has 0 saturated carbocycles. The second-order valence-electron chi connectivity index (χ2n) is 10.6. The lowest BCUT2D eigenvalue weighted by Gasteiger charge is -2.25. The van der Waals surface area contributed by atoms with Crippen LogP contribution in [0.15, 0.2) is 145 Å². The Bertz CT molecular complexity index is 1970. The fourth-order valence-electron chi connectivity index (χ4n) is 5.38. The van der Waals surface area contributed by atoms with Gasteiger partial charge in [-0.25, -0.2) is 15.0 Å². The zero-order chi connectivity index (χ0) is 29.9. The van der Waals surface area contributed by atoms with Crippen LogP contribution >= 0.6 is 0 Å². The maximum Gasteiger partial charge on any atom is 0.164 e. The molecular formula is C39H29N5. The first-order valence-corrected chi connectivity index (χ1v) is 14.5. The molecule has 44 heavy (non-hydrogen) atoms. The minimum atomic E-state index is 0.469. The van der Waals surface area contributed by atoms with Crippen LogP contribution in [0.2, 0.25) is 0 Å². The average Bonchev–Trinajstić information content (AvgIpc) is 3.11. The SMILES string of the molecule is C/C(C(=N)c1ccccc1)=C1/NC(c2ccccc2)=Cc2ccc(-c3nc(-c4ccccc4)nc(-c4ccccc4)n3)cc21. The van der Waals surface area contributed by atoms with E-state index in [0.29, 0.717) is 23.2 Å². The first-order chi connectivity index (χ1) is 21.6. The number of fused-ring (bicyclic) bond motifs is 1. The van der Waals surface area contributed by atoms with Gasteiger partial charge in [0.05, 0.1) is 11.4 Å². The number of hydrogen-bond acceptors (Lipinski definition) is 5. The molecule has 0 amide bonds. The lowest BCUT2D eigenvalue weighted by atomic mass is 9.90. The van der Waals surface area contributed by atoms with Gasteiger partial charge < -0.3 is 5.32 Å². The Balaban J connectivity index is 1.40. The van der Waals surface area contributed by atoms with Gasteiger partial charge in [-0.1, -0.05) is 133 Å². The topological polar surface area (TPSA) is 74.6 Å².